The first kappa shape index (κ1) is 22.6. The third-order valence-corrected chi connectivity index (χ3v) is 4.39. The third-order valence-electron chi connectivity index (χ3n) is 3.92. The number of ether oxygens (including phenoxy) is 3. The largest absolute Gasteiger partial charge is 0.488 e. The molecule has 31 heavy (non-hydrogen) atoms. The summed E-state index contributed by atoms with van der Waals surface area (Å²) in [6.45, 7) is 2.12. The molecule has 2 aromatic carbocycles. The van der Waals surface area contributed by atoms with Gasteiger partial charge in [-0.15, -0.1) is 0 Å². The van der Waals surface area contributed by atoms with Gasteiger partial charge in [0.1, 0.15) is 40.8 Å². The van der Waals surface area contributed by atoms with Crippen LogP contribution in [0.25, 0.3) is 0 Å². The van der Waals surface area contributed by atoms with E-state index in [1.165, 1.54) is 18.2 Å². The fraction of sp³-hybridized carbons (Fsp3) is 0.182. The van der Waals surface area contributed by atoms with Gasteiger partial charge >= 0.3 is 0 Å². The molecular weight excluding hydrogens is 474 g/mol. The third kappa shape index (κ3) is 6.73. The van der Waals surface area contributed by atoms with E-state index in [9.17, 15) is 13.6 Å². The fourth-order valence-electron chi connectivity index (χ4n) is 2.69. The topological polar surface area (TPSA) is 69.7 Å². The zero-order chi connectivity index (χ0) is 22.4. The molecule has 0 aliphatic heterocycles. The van der Waals surface area contributed by atoms with Crippen LogP contribution in [-0.2, 0) is 4.74 Å². The number of halogens is 3. The van der Waals surface area contributed by atoms with Crippen molar-refractivity contribution < 1.29 is 27.8 Å². The second kappa shape index (κ2) is 10.3. The molecule has 0 aliphatic rings. The molecule has 0 radical (unpaired) electrons. The van der Waals surface area contributed by atoms with Crippen LogP contribution in [0.5, 0.6) is 17.2 Å². The van der Waals surface area contributed by atoms with E-state index in [2.05, 4.69) is 26.2 Å². The number of hydrogen-bond acceptors (Lipinski definition) is 5. The summed E-state index contributed by atoms with van der Waals surface area (Å²) in [6, 6.07) is 10.7. The van der Waals surface area contributed by atoms with Gasteiger partial charge in [0.05, 0.1) is 6.61 Å². The zero-order valence-electron chi connectivity index (χ0n) is 16.7. The van der Waals surface area contributed by atoms with Gasteiger partial charge in [0.25, 0.3) is 5.91 Å². The molecule has 0 spiro atoms. The highest BCUT2D eigenvalue weighted by atomic mass is 79.9. The van der Waals surface area contributed by atoms with Crippen LogP contribution < -0.4 is 14.8 Å². The number of nitrogens with one attached hydrogen (secondary N) is 1. The number of amides is 1. The second-order valence-corrected chi connectivity index (χ2v) is 7.52. The number of benzene rings is 2. The van der Waals surface area contributed by atoms with E-state index in [-0.39, 0.29) is 23.2 Å². The Kier molecular flexibility index (Phi) is 7.54. The van der Waals surface area contributed by atoms with E-state index in [1.807, 2.05) is 0 Å². The van der Waals surface area contributed by atoms with Crippen LogP contribution in [0, 0.1) is 11.6 Å². The van der Waals surface area contributed by atoms with E-state index < -0.39 is 17.5 Å². The van der Waals surface area contributed by atoms with E-state index in [0.717, 1.165) is 22.7 Å². The lowest BCUT2D eigenvalue weighted by atomic mass is 10.2. The normalized spacial score (nSPS) is 11.6. The predicted molar refractivity (Wildman–Crippen MR) is 115 cm³/mol. The Hall–Kier alpha value is -3.04. The predicted octanol–water partition coefficient (Wildman–Crippen LogP) is 5.58. The maximum absolute atomic E-state index is 13.5. The van der Waals surface area contributed by atoms with Crippen molar-refractivity contribution in [2.24, 2.45) is 0 Å². The maximum Gasteiger partial charge on any atom is 0.257 e. The van der Waals surface area contributed by atoms with Crippen molar-refractivity contribution in [1.29, 1.82) is 0 Å². The van der Waals surface area contributed by atoms with Gasteiger partial charge in [-0.05, 0) is 47.1 Å². The summed E-state index contributed by atoms with van der Waals surface area (Å²) in [4.78, 5) is 16.9. The summed E-state index contributed by atoms with van der Waals surface area (Å²) in [5, 5.41) is 2.67. The highest BCUT2D eigenvalue weighted by Gasteiger charge is 2.14. The van der Waals surface area contributed by atoms with Crippen LogP contribution in [0.15, 0.2) is 59.2 Å². The van der Waals surface area contributed by atoms with Crippen molar-refractivity contribution in [3.63, 3.8) is 0 Å². The van der Waals surface area contributed by atoms with Crippen LogP contribution in [-0.4, -0.2) is 30.7 Å². The molecular formula is C22H19BrF2N2O4. The Morgan fingerprint density at radius 3 is 2.39 bits per heavy atom. The lowest BCUT2D eigenvalue weighted by Crippen LogP contribution is -2.18. The summed E-state index contributed by atoms with van der Waals surface area (Å²) in [5.41, 5.74) is 0.207. The van der Waals surface area contributed by atoms with Gasteiger partial charge in [-0.1, -0.05) is 0 Å². The Morgan fingerprint density at radius 1 is 1.06 bits per heavy atom. The number of methoxy groups -OCH3 is 1. The molecule has 0 aliphatic carbocycles. The van der Waals surface area contributed by atoms with Crippen molar-refractivity contribution in [1.82, 2.24) is 4.98 Å². The Bertz CT molecular complexity index is 1040. The number of aromatic nitrogens is 1. The minimum Gasteiger partial charge on any atom is -0.488 e. The first-order chi connectivity index (χ1) is 14.8. The quantitative estimate of drug-likeness (QED) is 0.444. The Balaban J connectivity index is 1.89. The highest BCUT2D eigenvalue weighted by molar-refractivity contribution is 9.10. The molecule has 0 fully saturated rings. The molecule has 1 heterocycles. The lowest BCUT2D eigenvalue weighted by molar-refractivity contribution is 0.0915. The van der Waals surface area contributed by atoms with Crippen LogP contribution >= 0.6 is 15.9 Å². The standard InChI is InChI=1S/C22H19BrF2N2O4/c1-13(12-29-2)30-18-5-14(22(28)27-21-4-3-15(23)11-26-21)6-19(10-18)31-20-8-16(24)7-17(25)9-20/h3-11,13H,12H2,1-2H3,(H,26,27,28)/t13-/m0/s1. The second-order valence-electron chi connectivity index (χ2n) is 6.60. The van der Waals surface area contributed by atoms with Crippen LogP contribution in [0.3, 0.4) is 0 Å². The molecule has 1 atom stereocenters. The van der Waals surface area contributed by atoms with Gasteiger partial charge in [0, 0.05) is 47.6 Å². The van der Waals surface area contributed by atoms with Crippen LogP contribution in [0.1, 0.15) is 17.3 Å². The molecule has 0 saturated carbocycles. The maximum atomic E-state index is 13.5. The first-order valence-corrected chi connectivity index (χ1v) is 9.99. The number of rotatable bonds is 8. The minimum absolute atomic E-state index is 0.0551. The van der Waals surface area contributed by atoms with E-state index in [4.69, 9.17) is 14.2 Å². The molecule has 1 N–H and O–H groups in total. The molecule has 1 amide bonds. The molecule has 162 valence electrons. The highest BCUT2D eigenvalue weighted by Crippen LogP contribution is 2.29. The van der Waals surface area contributed by atoms with Gasteiger partial charge in [0.15, 0.2) is 0 Å². The average Bonchev–Trinajstić information content (AvgIpc) is 2.69. The van der Waals surface area contributed by atoms with Crippen molar-refractivity contribution in [3.8, 4) is 17.2 Å². The SMILES string of the molecule is COC[C@H](C)Oc1cc(Oc2cc(F)cc(F)c2)cc(C(=O)Nc2ccc(Br)cn2)c1. The van der Waals surface area contributed by atoms with Crippen molar-refractivity contribution >= 4 is 27.7 Å². The average molecular weight is 493 g/mol. The van der Waals surface area contributed by atoms with Gasteiger partial charge in [-0.3, -0.25) is 4.79 Å². The molecule has 0 bridgehead atoms. The molecule has 3 aromatic rings. The van der Waals surface area contributed by atoms with E-state index in [1.54, 1.807) is 32.4 Å². The molecule has 9 heteroatoms. The number of carbonyl (C=O) groups excluding carboxylic acids is 1. The number of carbonyl (C=O) groups is 1. The number of pyridine rings is 1. The number of anilines is 1. The molecule has 0 unspecified atom stereocenters. The molecule has 1 aromatic heterocycles. The monoisotopic (exact) mass is 492 g/mol. The van der Waals surface area contributed by atoms with Crippen molar-refractivity contribution in [2.75, 3.05) is 19.0 Å². The van der Waals surface area contributed by atoms with E-state index in [0.29, 0.717) is 18.2 Å². The zero-order valence-corrected chi connectivity index (χ0v) is 18.3. The van der Waals surface area contributed by atoms with Gasteiger partial charge in [-0.2, -0.15) is 0 Å². The summed E-state index contributed by atoms with van der Waals surface area (Å²) in [7, 11) is 1.54. The summed E-state index contributed by atoms with van der Waals surface area (Å²) >= 11 is 3.28. The van der Waals surface area contributed by atoms with Gasteiger partial charge in [-0.25, -0.2) is 13.8 Å². The molecule has 6 nitrogen and oxygen atoms in total. The fourth-order valence-corrected chi connectivity index (χ4v) is 2.93. The molecule has 3 rings (SSSR count). The first-order valence-electron chi connectivity index (χ1n) is 9.20. The van der Waals surface area contributed by atoms with E-state index >= 15 is 0 Å². The lowest BCUT2D eigenvalue weighted by Gasteiger charge is -2.16. The molecule has 0 saturated heterocycles. The number of nitrogens with zero attached hydrogens (tertiary/aromatic N) is 1. The Labute approximate surface area is 186 Å². The summed E-state index contributed by atoms with van der Waals surface area (Å²) in [6.07, 6.45) is 1.24. The minimum atomic E-state index is -0.782. The van der Waals surface area contributed by atoms with Gasteiger partial charge in [0.2, 0.25) is 0 Å². The van der Waals surface area contributed by atoms with Gasteiger partial charge < -0.3 is 19.5 Å². The van der Waals surface area contributed by atoms with Crippen molar-refractivity contribution in [2.45, 2.75) is 13.0 Å². The van der Waals surface area contributed by atoms with Crippen LogP contribution in [0.4, 0.5) is 14.6 Å². The Morgan fingerprint density at radius 2 is 1.74 bits per heavy atom. The summed E-state index contributed by atoms with van der Waals surface area (Å²) < 4.78 is 44.2. The smallest absolute Gasteiger partial charge is 0.257 e. The van der Waals surface area contributed by atoms with Crippen molar-refractivity contribution in [3.05, 3.63) is 76.4 Å². The van der Waals surface area contributed by atoms with Crippen LogP contribution in [0.2, 0.25) is 0 Å². The number of hydrogen-bond donors (Lipinski definition) is 1. The summed E-state index contributed by atoms with van der Waals surface area (Å²) in [5.74, 6) is -1.24.